The average Bonchev–Trinajstić information content (AvgIpc) is 2.82. The zero-order valence-electron chi connectivity index (χ0n) is 9.99. The fourth-order valence-corrected chi connectivity index (χ4v) is 1.85. The van der Waals surface area contributed by atoms with E-state index >= 15 is 0 Å². The SMILES string of the molecule is CC(N)c1nnc2ccc(-c3ccccc3)nn12. The molecular weight excluding hydrogens is 226 g/mol. The minimum atomic E-state index is -0.196. The van der Waals surface area contributed by atoms with E-state index in [2.05, 4.69) is 15.3 Å². The van der Waals surface area contributed by atoms with Gasteiger partial charge in [0.1, 0.15) is 0 Å². The summed E-state index contributed by atoms with van der Waals surface area (Å²) in [6.07, 6.45) is 0. The van der Waals surface area contributed by atoms with Crippen LogP contribution in [0.15, 0.2) is 42.5 Å². The van der Waals surface area contributed by atoms with Crippen LogP contribution in [0.1, 0.15) is 18.8 Å². The molecule has 18 heavy (non-hydrogen) atoms. The number of benzene rings is 1. The zero-order valence-corrected chi connectivity index (χ0v) is 9.99. The highest BCUT2D eigenvalue weighted by atomic mass is 15.4. The second kappa shape index (κ2) is 4.19. The van der Waals surface area contributed by atoms with Gasteiger partial charge in [-0.1, -0.05) is 30.3 Å². The molecule has 2 heterocycles. The van der Waals surface area contributed by atoms with E-state index in [9.17, 15) is 0 Å². The van der Waals surface area contributed by atoms with Crippen LogP contribution in [0.4, 0.5) is 0 Å². The Morgan fingerprint density at radius 2 is 1.83 bits per heavy atom. The van der Waals surface area contributed by atoms with Gasteiger partial charge in [-0.2, -0.15) is 9.61 Å². The van der Waals surface area contributed by atoms with Crippen molar-refractivity contribution in [3.05, 3.63) is 48.3 Å². The van der Waals surface area contributed by atoms with Crippen LogP contribution in [0.5, 0.6) is 0 Å². The van der Waals surface area contributed by atoms with Gasteiger partial charge in [0.25, 0.3) is 0 Å². The molecule has 0 aliphatic carbocycles. The molecule has 0 aliphatic heterocycles. The van der Waals surface area contributed by atoms with Crippen LogP contribution in [0, 0.1) is 0 Å². The average molecular weight is 239 g/mol. The van der Waals surface area contributed by atoms with Crippen LogP contribution >= 0.6 is 0 Å². The molecule has 0 saturated carbocycles. The molecule has 0 spiro atoms. The van der Waals surface area contributed by atoms with E-state index in [0.29, 0.717) is 11.5 Å². The van der Waals surface area contributed by atoms with Crippen LogP contribution in [0.3, 0.4) is 0 Å². The highest BCUT2D eigenvalue weighted by Crippen LogP contribution is 2.17. The minimum Gasteiger partial charge on any atom is -0.321 e. The van der Waals surface area contributed by atoms with Crippen molar-refractivity contribution in [1.82, 2.24) is 19.8 Å². The molecule has 5 heteroatoms. The maximum absolute atomic E-state index is 5.85. The summed E-state index contributed by atoms with van der Waals surface area (Å²) in [6, 6.07) is 13.6. The van der Waals surface area contributed by atoms with Crippen molar-refractivity contribution in [2.24, 2.45) is 5.73 Å². The Labute approximate surface area is 104 Å². The van der Waals surface area contributed by atoms with Crippen LogP contribution < -0.4 is 5.73 Å². The summed E-state index contributed by atoms with van der Waals surface area (Å²) in [5.74, 6) is 0.669. The Kier molecular flexibility index (Phi) is 2.53. The Morgan fingerprint density at radius 3 is 2.56 bits per heavy atom. The van der Waals surface area contributed by atoms with E-state index in [1.807, 2.05) is 49.4 Å². The predicted molar refractivity (Wildman–Crippen MR) is 68.8 cm³/mol. The second-order valence-corrected chi connectivity index (χ2v) is 4.20. The van der Waals surface area contributed by atoms with Crippen LogP contribution in [0.25, 0.3) is 16.9 Å². The Morgan fingerprint density at radius 1 is 1.06 bits per heavy atom. The first-order valence-corrected chi connectivity index (χ1v) is 5.79. The second-order valence-electron chi connectivity index (χ2n) is 4.20. The van der Waals surface area contributed by atoms with Crippen LogP contribution in [-0.4, -0.2) is 19.8 Å². The summed E-state index contributed by atoms with van der Waals surface area (Å²) in [5, 5.41) is 12.6. The third-order valence-corrected chi connectivity index (χ3v) is 2.76. The molecule has 3 rings (SSSR count). The Hall–Kier alpha value is -2.27. The molecule has 3 aromatic rings. The molecule has 0 radical (unpaired) electrons. The molecule has 1 atom stereocenters. The summed E-state index contributed by atoms with van der Waals surface area (Å²) in [7, 11) is 0. The Balaban J connectivity index is 2.18. The molecular formula is C13H13N5. The van der Waals surface area contributed by atoms with E-state index < -0.39 is 0 Å². The minimum absolute atomic E-state index is 0.196. The zero-order chi connectivity index (χ0) is 12.5. The van der Waals surface area contributed by atoms with Gasteiger partial charge in [-0.25, -0.2) is 0 Å². The number of fused-ring (bicyclic) bond motifs is 1. The van der Waals surface area contributed by atoms with Gasteiger partial charge in [0.2, 0.25) is 0 Å². The van der Waals surface area contributed by atoms with Gasteiger partial charge >= 0.3 is 0 Å². The number of hydrogen-bond donors (Lipinski definition) is 1. The van der Waals surface area contributed by atoms with Crippen molar-refractivity contribution in [1.29, 1.82) is 0 Å². The lowest BCUT2D eigenvalue weighted by Gasteiger charge is -2.04. The van der Waals surface area contributed by atoms with E-state index in [1.54, 1.807) is 4.52 Å². The van der Waals surface area contributed by atoms with Crippen LogP contribution in [0.2, 0.25) is 0 Å². The van der Waals surface area contributed by atoms with E-state index in [4.69, 9.17) is 5.73 Å². The normalized spacial score (nSPS) is 12.8. The lowest BCUT2D eigenvalue weighted by molar-refractivity contribution is 0.696. The highest BCUT2D eigenvalue weighted by Gasteiger charge is 2.11. The van der Waals surface area contributed by atoms with Crippen molar-refractivity contribution < 1.29 is 0 Å². The van der Waals surface area contributed by atoms with Crippen molar-refractivity contribution in [3.63, 3.8) is 0 Å². The number of rotatable bonds is 2. The number of hydrogen-bond acceptors (Lipinski definition) is 4. The van der Waals surface area contributed by atoms with Crippen molar-refractivity contribution in [3.8, 4) is 11.3 Å². The summed E-state index contributed by atoms with van der Waals surface area (Å²) in [4.78, 5) is 0. The number of nitrogens with two attached hydrogens (primary N) is 1. The highest BCUT2D eigenvalue weighted by molar-refractivity contribution is 5.59. The lowest BCUT2D eigenvalue weighted by atomic mass is 10.1. The summed E-state index contributed by atoms with van der Waals surface area (Å²) < 4.78 is 1.70. The van der Waals surface area contributed by atoms with Crippen molar-refractivity contribution in [2.75, 3.05) is 0 Å². The quantitative estimate of drug-likeness (QED) is 0.740. The van der Waals surface area contributed by atoms with Gasteiger partial charge in [0, 0.05) is 5.56 Å². The van der Waals surface area contributed by atoms with E-state index in [0.717, 1.165) is 11.3 Å². The molecule has 0 amide bonds. The maximum Gasteiger partial charge on any atom is 0.178 e. The molecule has 0 bridgehead atoms. The predicted octanol–water partition coefficient (Wildman–Crippen LogP) is 1.81. The van der Waals surface area contributed by atoms with Gasteiger partial charge in [-0.3, -0.25) is 0 Å². The third kappa shape index (κ3) is 1.74. The van der Waals surface area contributed by atoms with E-state index in [-0.39, 0.29) is 6.04 Å². The van der Waals surface area contributed by atoms with Gasteiger partial charge in [-0.05, 0) is 19.1 Å². The largest absolute Gasteiger partial charge is 0.321 e. The summed E-state index contributed by atoms with van der Waals surface area (Å²) in [5.41, 5.74) is 8.50. The van der Waals surface area contributed by atoms with Gasteiger partial charge in [0.15, 0.2) is 11.5 Å². The topological polar surface area (TPSA) is 69.1 Å². The van der Waals surface area contributed by atoms with Gasteiger partial charge < -0.3 is 5.73 Å². The molecule has 0 aliphatic rings. The molecule has 1 aromatic carbocycles. The first kappa shape index (κ1) is 10.9. The maximum atomic E-state index is 5.85. The molecule has 2 aromatic heterocycles. The first-order valence-electron chi connectivity index (χ1n) is 5.79. The molecule has 0 fully saturated rings. The van der Waals surface area contributed by atoms with Gasteiger partial charge in [-0.15, -0.1) is 10.2 Å². The smallest absolute Gasteiger partial charge is 0.178 e. The molecule has 5 nitrogen and oxygen atoms in total. The molecule has 2 N–H and O–H groups in total. The van der Waals surface area contributed by atoms with Crippen LogP contribution in [-0.2, 0) is 0 Å². The number of nitrogens with zero attached hydrogens (tertiary/aromatic N) is 4. The fraction of sp³-hybridized carbons (Fsp3) is 0.154. The fourth-order valence-electron chi connectivity index (χ4n) is 1.85. The summed E-state index contributed by atoms with van der Waals surface area (Å²) in [6.45, 7) is 1.87. The summed E-state index contributed by atoms with van der Waals surface area (Å²) >= 11 is 0. The standard InChI is InChI=1S/C13H13N5/c1-9(14)13-16-15-12-8-7-11(17-18(12)13)10-5-3-2-4-6-10/h2-9H,14H2,1H3. The Bertz CT molecular complexity index is 672. The number of aromatic nitrogens is 4. The lowest BCUT2D eigenvalue weighted by Crippen LogP contribution is -2.11. The van der Waals surface area contributed by atoms with Crippen molar-refractivity contribution >= 4 is 5.65 Å². The molecule has 90 valence electrons. The molecule has 1 unspecified atom stereocenters. The van der Waals surface area contributed by atoms with E-state index in [1.165, 1.54) is 0 Å². The third-order valence-electron chi connectivity index (χ3n) is 2.76. The van der Waals surface area contributed by atoms with Gasteiger partial charge in [0.05, 0.1) is 11.7 Å². The van der Waals surface area contributed by atoms with Crippen molar-refractivity contribution in [2.45, 2.75) is 13.0 Å². The monoisotopic (exact) mass is 239 g/mol. The molecule has 0 saturated heterocycles. The first-order chi connectivity index (χ1) is 8.75.